The number of hydrogen-bond acceptors (Lipinski definition) is 4. The molecule has 0 atom stereocenters. The van der Waals surface area contributed by atoms with Crippen LogP contribution in [0.4, 0.5) is 5.82 Å². The molecule has 4 nitrogen and oxygen atoms in total. The van der Waals surface area contributed by atoms with Gasteiger partial charge in [-0.05, 0) is 22.4 Å². The van der Waals surface area contributed by atoms with Gasteiger partial charge in [0.2, 0.25) is 0 Å². The second-order valence-electron chi connectivity index (χ2n) is 2.50. The van der Waals surface area contributed by atoms with Gasteiger partial charge in [-0.3, -0.25) is 0 Å². The second kappa shape index (κ2) is 3.18. The van der Waals surface area contributed by atoms with Crippen molar-refractivity contribution in [3.8, 4) is 11.3 Å². The van der Waals surface area contributed by atoms with Gasteiger partial charge in [0.15, 0.2) is 11.5 Å². The Kier molecular flexibility index (Phi) is 2.02. The fourth-order valence-electron chi connectivity index (χ4n) is 1.00. The first-order valence-electron chi connectivity index (χ1n) is 3.61. The van der Waals surface area contributed by atoms with Crippen LogP contribution < -0.4 is 5.73 Å². The zero-order valence-corrected chi connectivity index (χ0v) is 8.15. The molecule has 0 aliphatic heterocycles. The van der Waals surface area contributed by atoms with Gasteiger partial charge in [-0.1, -0.05) is 28.1 Å². The first kappa shape index (κ1) is 8.25. The van der Waals surface area contributed by atoms with Crippen molar-refractivity contribution in [3.05, 3.63) is 28.7 Å². The fraction of sp³-hybridized carbons (Fsp3) is 0. The SMILES string of the molecule is Nc1nonc1-c1ccc(Br)cc1. The van der Waals surface area contributed by atoms with Crippen LogP contribution in [-0.2, 0) is 0 Å². The third kappa shape index (κ3) is 1.55. The lowest BCUT2D eigenvalue weighted by molar-refractivity contribution is 0.310. The van der Waals surface area contributed by atoms with E-state index in [0.29, 0.717) is 11.5 Å². The fourth-order valence-corrected chi connectivity index (χ4v) is 1.27. The van der Waals surface area contributed by atoms with Gasteiger partial charge in [-0.2, -0.15) is 0 Å². The smallest absolute Gasteiger partial charge is 0.196 e. The summed E-state index contributed by atoms with van der Waals surface area (Å²) in [4.78, 5) is 0. The molecule has 2 rings (SSSR count). The van der Waals surface area contributed by atoms with E-state index in [-0.39, 0.29) is 0 Å². The zero-order chi connectivity index (χ0) is 9.26. The van der Waals surface area contributed by atoms with Crippen molar-refractivity contribution in [2.24, 2.45) is 0 Å². The highest BCUT2D eigenvalue weighted by atomic mass is 79.9. The molecule has 2 N–H and O–H groups in total. The molecule has 1 aromatic carbocycles. The lowest BCUT2D eigenvalue weighted by Gasteiger charge is -1.95. The van der Waals surface area contributed by atoms with Crippen molar-refractivity contribution in [2.45, 2.75) is 0 Å². The van der Waals surface area contributed by atoms with E-state index < -0.39 is 0 Å². The molecule has 0 amide bonds. The Morgan fingerprint density at radius 1 is 1.15 bits per heavy atom. The van der Waals surface area contributed by atoms with Gasteiger partial charge in [-0.15, -0.1) is 0 Å². The maximum absolute atomic E-state index is 5.53. The Balaban J connectivity index is 2.47. The number of hydrogen-bond donors (Lipinski definition) is 1. The standard InChI is InChI=1S/C8H6BrN3O/c9-6-3-1-5(2-4-6)7-8(10)12-13-11-7/h1-4H,(H2,10,12). The molecule has 1 aromatic heterocycles. The van der Waals surface area contributed by atoms with E-state index >= 15 is 0 Å². The van der Waals surface area contributed by atoms with Crippen LogP contribution in [0, 0.1) is 0 Å². The summed E-state index contributed by atoms with van der Waals surface area (Å²) in [6.07, 6.45) is 0. The van der Waals surface area contributed by atoms with Crippen LogP contribution in [-0.4, -0.2) is 10.3 Å². The summed E-state index contributed by atoms with van der Waals surface area (Å²) < 4.78 is 5.50. The maximum atomic E-state index is 5.53. The molecule has 13 heavy (non-hydrogen) atoms. The summed E-state index contributed by atoms with van der Waals surface area (Å²) in [5.74, 6) is 0.308. The molecule has 0 saturated heterocycles. The Morgan fingerprint density at radius 2 is 1.85 bits per heavy atom. The number of rotatable bonds is 1. The Bertz CT molecular complexity index is 410. The average molecular weight is 240 g/mol. The topological polar surface area (TPSA) is 64.9 Å². The highest BCUT2D eigenvalue weighted by Crippen LogP contribution is 2.23. The quantitative estimate of drug-likeness (QED) is 0.828. The number of halogens is 1. The molecule has 0 aliphatic rings. The third-order valence-corrected chi connectivity index (χ3v) is 2.16. The highest BCUT2D eigenvalue weighted by Gasteiger charge is 2.07. The van der Waals surface area contributed by atoms with Crippen LogP contribution in [0.15, 0.2) is 33.4 Å². The molecular weight excluding hydrogens is 234 g/mol. The lowest BCUT2D eigenvalue weighted by atomic mass is 10.2. The molecule has 0 unspecified atom stereocenters. The van der Waals surface area contributed by atoms with Crippen LogP contribution >= 0.6 is 15.9 Å². The minimum atomic E-state index is 0.308. The van der Waals surface area contributed by atoms with Crippen LogP contribution in [0.2, 0.25) is 0 Å². The summed E-state index contributed by atoms with van der Waals surface area (Å²) in [6, 6.07) is 7.59. The maximum Gasteiger partial charge on any atom is 0.196 e. The molecule has 0 saturated carbocycles. The van der Waals surface area contributed by atoms with Crippen molar-refractivity contribution in [1.82, 2.24) is 10.3 Å². The number of benzene rings is 1. The van der Waals surface area contributed by atoms with Gasteiger partial charge in [0.25, 0.3) is 0 Å². The number of nitrogens with zero attached hydrogens (tertiary/aromatic N) is 2. The second-order valence-corrected chi connectivity index (χ2v) is 3.42. The summed E-state index contributed by atoms with van der Waals surface area (Å²) in [5, 5.41) is 7.18. The van der Waals surface area contributed by atoms with E-state index in [4.69, 9.17) is 5.73 Å². The van der Waals surface area contributed by atoms with Crippen molar-refractivity contribution in [1.29, 1.82) is 0 Å². The largest absolute Gasteiger partial charge is 0.379 e. The minimum absolute atomic E-state index is 0.308. The van der Waals surface area contributed by atoms with Gasteiger partial charge in [0, 0.05) is 10.0 Å². The molecule has 2 aromatic rings. The Morgan fingerprint density at radius 3 is 2.38 bits per heavy atom. The van der Waals surface area contributed by atoms with E-state index in [9.17, 15) is 0 Å². The molecule has 5 heteroatoms. The summed E-state index contributed by atoms with van der Waals surface area (Å²) >= 11 is 3.34. The molecule has 1 heterocycles. The van der Waals surface area contributed by atoms with Crippen molar-refractivity contribution < 1.29 is 4.63 Å². The van der Waals surface area contributed by atoms with Crippen molar-refractivity contribution in [2.75, 3.05) is 5.73 Å². The molecule has 0 fully saturated rings. The van der Waals surface area contributed by atoms with Gasteiger partial charge in [0.1, 0.15) is 0 Å². The van der Waals surface area contributed by atoms with E-state index in [1.165, 1.54) is 0 Å². The molecule has 0 spiro atoms. The normalized spacial score (nSPS) is 10.2. The summed E-state index contributed by atoms with van der Waals surface area (Å²) in [6.45, 7) is 0. The third-order valence-electron chi connectivity index (χ3n) is 1.63. The van der Waals surface area contributed by atoms with Gasteiger partial charge < -0.3 is 5.73 Å². The molecule has 0 aliphatic carbocycles. The average Bonchev–Trinajstić information content (AvgIpc) is 2.53. The number of nitrogen functional groups attached to an aromatic ring is 1. The Hall–Kier alpha value is -1.36. The van der Waals surface area contributed by atoms with Crippen LogP contribution in [0.25, 0.3) is 11.3 Å². The van der Waals surface area contributed by atoms with Crippen molar-refractivity contribution in [3.63, 3.8) is 0 Å². The predicted molar refractivity (Wildman–Crippen MR) is 51.8 cm³/mol. The van der Waals surface area contributed by atoms with Crippen molar-refractivity contribution >= 4 is 21.7 Å². The first-order valence-corrected chi connectivity index (χ1v) is 4.40. The molecular formula is C8H6BrN3O. The van der Waals surface area contributed by atoms with Crippen LogP contribution in [0.1, 0.15) is 0 Å². The van der Waals surface area contributed by atoms with Crippen LogP contribution in [0.5, 0.6) is 0 Å². The van der Waals surface area contributed by atoms with Gasteiger partial charge in [-0.25, -0.2) is 4.63 Å². The number of nitrogens with two attached hydrogens (primary N) is 1. The first-order chi connectivity index (χ1) is 6.27. The lowest BCUT2D eigenvalue weighted by Crippen LogP contribution is -1.87. The van der Waals surface area contributed by atoms with Crippen LogP contribution in [0.3, 0.4) is 0 Å². The van der Waals surface area contributed by atoms with Gasteiger partial charge in [0.05, 0.1) is 0 Å². The molecule has 66 valence electrons. The van der Waals surface area contributed by atoms with E-state index in [1.54, 1.807) is 0 Å². The monoisotopic (exact) mass is 239 g/mol. The van der Waals surface area contributed by atoms with E-state index in [1.807, 2.05) is 24.3 Å². The predicted octanol–water partition coefficient (Wildman–Crippen LogP) is 2.08. The van der Waals surface area contributed by atoms with E-state index in [0.717, 1.165) is 10.0 Å². The Labute approximate surface area is 82.8 Å². The van der Waals surface area contributed by atoms with E-state index in [2.05, 4.69) is 30.9 Å². The zero-order valence-electron chi connectivity index (χ0n) is 6.57. The number of anilines is 1. The molecule has 0 radical (unpaired) electrons. The van der Waals surface area contributed by atoms with Gasteiger partial charge >= 0.3 is 0 Å². The summed E-state index contributed by atoms with van der Waals surface area (Å²) in [5.41, 5.74) is 7.00. The summed E-state index contributed by atoms with van der Waals surface area (Å²) in [7, 11) is 0. The number of aromatic nitrogens is 2. The highest BCUT2D eigenvalue weighted by molar-refractivity contribution is 9.10. The minimum Gasteiger partial charge on any atom is -0.379 e. The molecule has 0 bridgehead atoms.